The fraction of sp³-hybridized carbons (Fsp3) is 0.158. The molecular weight excluding hydrogens is 382 g/mol. The van der Waals surface area contributed by atoms with Crippen LogP contribution in [0.15, 0.2) is 58.6 Å². The predicted octanol–water partition coefficient (Wildman–Crippen LogP) is 4.02. The number of pyridine rings is 1. The van der Waals surface area contributed by atoms with Gasteiger partial charge in [0.15, 0.2) is 5.16 Å². The monoisotopic (exact) mass is 397 g/mol. The second-order valence-electron chi connectivity index (χ2n) is 5.85. The molecule has 0 unspecified atom stereocenters. The van der Waals surface area contributed by atoms with Gasteiger partial charge in [0.25, 0.3) is 5.56 Å². The van der Waals surface area contributed by atoms with Crippen LogP contribution in [0.25, 0.3) is 16.6 Å². The number of fused-ring (bicyclic) bond motifs is 2. The third-order valence-electron chi connectivity index (χ3n) is 3.95. The molecule has 6 nitrogen and oxygen atoms in total. The molecule has 4 rings (SSSR count). The summed E-state index contributed by atoms with van der Waals surface area (Å²) >= 11 is 7.40. The molecule has 8 heteroatoms. The van der Waals surface area contributed by atoms with E-state index in [9.17, 15) is 4.79 Å². The second kappa shape index (κ2) is 7.54. The van der Waals surface area contributed by atoms with Gasteiger partial charge in [0.2, 0.25) is 0 Å². The molecule has 0 spiro atoms. The Bertz CT molecular complexity index is 1190. The molecule has 0 fully saturated rings. The lowest BCUT2D eigenvalue weighted by Gasteiger charge is -2.09. The number of hydrogen-bond acceptors (Lipinski definition) is 6. The number of nitrogens with zero attached hydrogens (tertiary/aromatic N) is 4. The standard InChI is InChI=1S/C19H16ClN5OS/c1-2-21-18-14-5-3-4-6-15(14)23-19(24-18)27-11-13-9-17(26)25-10-12(20)7-8-16(25)22-13/h3-10H,2,11H2,1H3,(H,21,23,24). The van der Waals surface area contributed by atoms with E-state index in [1.807, 2.05) is 31.2 Å². The number of halogens is 1. The minimum atomic E-state index is -0.161. The van der Waals surface area contributed by atoms with E-state index >= 15 is 0 Å². The normalized spacial score (nSPS) is 11.2. The van der Waals surface area contributed by atoms with Crippen molar-refractivity contribution >= 4 is 45.7 Å². The highest BCUT2D eigenvalue weighted by Gasteiger charge is 2.09. The van der Waals surface area contributed by atoms with Crippen LogP contribution in [0.2, 0.25) is 5.02 Å². The van der Waals surface area contributed by atoms with Crippen molar-refractivity contribution < 1.29 is 0 Å². The van der Waals surface area contributed by atoms with Gasteiger partial charge in [-0.2, -0.15) is 0 Å². The number of hydrogen-bond donors (Lipinski definition) is 1. The quantitative estimate of drug-likeness (QED) is 0.405. The SMILES string of the molecule is CCNc1nc(SCc2cc(=O)n3cc(Cl)ccc3n2)nc2ccccc12. The first kappa shape index (κ1) is 17.8. The van der Waals surface area contributed by atoms with Crippen molar-refractivity contribution in [3.05, 3.63) is 69.7 Å². The highest BCUT2D eigenvalue weighted by Crippen LogP contribution is 2.25. The van der Waals surface area contributed by atoms with Gasteiger partial charge in [-0.05, 0) is 31.2 Å². The first-order valence-electron chi connectivity index (χ1n) is 8.45. The van der Waals surface area contributed by atoms with E-state index in [1.165, 1.54) is 22.2 Å². The first-order valence-corrected chi connectivity index (χ1v) is 9.81. The molecule has 27 heavy (non-hydrogen) atoms. The smallest absolute Gasteiger partial charge is 0.258 e. The van der Waals surface area contributed by atoms with Gasteiger partial charge in [-0.15, -0.1) is 0 Å². The zero-order chi connectivity index (χ0) is 18.8. The molecule has 0 aliphatic carbocycles. The maximum Gasteiger partial charge on any atom is 0.258 e. The fourth-order valence-electron chi connectivity index (χ4n) is 2.76. The Balaban J connectivity index is 1.64. The van der Waals surface area contributed by atoms with Crippen LogP contribution < -0.4 is 10.9 Å². The Kier molecular flexibility index (Phi) is 4.96. The largest absolute Gasteiger partial charge is 0.370 e. The molecule has 0 atom stereocenters. The molecule has 136 valence electrons. The van der Waals surface area contributed by atoms with Crippen molar-refractivity contribution in [1.82, 2.24) is 19.4 Å². The molecule has 0 amide bonds. The van der Waals surface area contributed by atoms with E-state index < -0.39 is 0 Å². The Labute approximate surface area is 164 Å². The molecule has 3 heterocycles. The van der Waals surface area contributed by atoms with Gasteiger partial charge < -0.3 is 5.32 Å². The molecule has 0 saturated carbocycles. The van der Waals surface area contributed by atoms with Crippen LogP contribution in [0.5, 0.6) is 0 Å². The fourth-order valence-corrected chi connectivity index (χ4v) is 3.66. The van der Waals surface area contributed by atoms with Gasteiger partial charge >= 0.3 is 0 Å². The first-order chi connectivity index (χ1) is 13.1. The molecule has 0 saturated heterocycles. The minimum Gasteiger partial charge on any atom is -0.370 e. The molecule has 0 aliphatic rings. The van der Waals surface area contributed by atoms with Crippen LogP contribution >= 0.6 is 23.4 Å². The molecule has 1 N–H and O–H groups in total. The molecule has 4 aromatic rings. The number of nitrogens with one attached hydrogen (secondary N) is 1. The number of anilines is 1. The summed E-state index contributed by atoms with van der Waals surface area (Å²) in [7, 11) is 0. The number of thioether (sulfide) groups is 1. The van der Waals surface area contributed by atoms with Crippen LogP contribution in [0.3, 0.4) is 0 Å². The lowest BCUT2D eigenvalue weighted by atomic mass is 10.2. The third-order valence-corrected chi connectivity index (χ3v) is 5.06. The lowest BCUT2D eigenvalue weighted by Crippen LogP contribution is -2.15. The number of para-hydroxylation sites is 1. The van der Waals surface area contributed by atoms with Gasteiger partial charge in [-0.3, -0.25) is 9.20 Å². The Morgan fingerprint density at radius 3 is 2.85 bits per heavy atom. The van der Waals surface area contributed by atoms with E-state index in [-0.39, 0.29) is 5.56 Å². The molecule has 0 radical (unpaired) electrons. The number of rotatable bonds is 5. The van der Waals surface area contributed by atoms with Gasteiger partial charge in [0, 0.05) is 29.9 Å². The Morgan fingerprint density at radius 2 is 2.00 bits per heavy atom. The van der Waals surface area contributed by atoms with Crippen molar-refractivity contribution in [3.63, 3.8) is 0 Å². The third kappa shape index (κ3) is 3.74. The highest BCUT2D eigenvalue weighted by molar-refractivity contribution is 7.98. The van der Waals surface area contributed by atoms with Crippen LogP contribution in [0.1, 0.15) is 12.6 Å². The van der Waals surface area contributed by atoms with Crippen LogP contribution in [-0.2, 0) is 5.75 Å². The van der Waals surface area contributed by atoms with Crippen molar-refractivity contribution in [2.45, 2.75) is 17.8 Å². The molecule has 0 aliphatic heterocycles. The summed E-state index contributed by atoms with van der Waals surface area (Å²) in [4.78, 5) is 26.0. The van der Waals surface area contributed by atoms with Crippen LogP contribution in [0.4, 0.5) is 5.82 Å². The van der Waals surface area contributed by atoms with Crippen molar-refractivity contribution in [2.24, 2.45) is 0 Å². The summed E-state index contributed by atoms with van der Waals surface area (Å²) in [5.41, 5.74) is 1.96. The zero-order valence-electron chi connectivity index (χ0n) is 14.5. The maximum absolute atomic E-state index is 12.3. The van der Waals surface area contributed by atoms with Gasteiger partial charge in [-0.25, -0.2) is 15.0 Å². The lowest BCUT2D eigenvalue weighted by molar-refractivity contribution is 0.983. The summed E-state index contributed by atoms with van der Waals surface area (Å²) in [6.07, 6.45) is 1.57. The predicted molar refractivity (Wildman–Crippen MR) is 110 cm³/mol. The van der Waals surface area contributed by atoms with Crippen molar-refractivity contribution in [3.8, 4) is 0 Å². The maximum atomic E-state index is 12.3. The Hall–Kier alpha value is -2.64. The van der Waals surface area contributed by atoms with Crippen LogP contribution in [0, 0.1) is 0 Å². The Morgan fingerprint density at radius 1 is 1.15 bits per heavy atom. The summed E-state index contributed by atoms with van der Waals surface area (Å²) < 4.78 is 1.44. The number of benzene rings is 1. The van der Waals surface area contributed by atoms with E-state index in [1.54, 1.807) is 18.3 Å². The van der Waals surface area contributed by atoms with Gasteiger partial charge in [-0.1, -0.05) is 35.5 Å². The van der Waals surface area contributed by atoms with Crippen molar-refractivity contribution in [2.75, 3.05) is 11.9 Å². The average Bonchev–Trinajstić information content (AvgIpc) is 2.67. The molecule has 3 aromatic heterocycles. The minimum absolute atomic E-state index is 0.161. The topological polar surface area (TPSA) is 72.2 Å². The van der Waals surface area contributed by atoms with Gasteiger partial charge in [0.05, 0.1) is 16.2 Å². The summed E-state index contributed by atoms with van der Waals surface area (Å²) in [5, 5.41) is 5.41. The van der Waals surface area contributed by atoms with Crippen LogP contribution in [-0.4, -0.2) is 25.9 Å². The zero-order valence-corrected chi connectivity index (χ0v) is 16.1. The average molecular weight is 398 g/mol. The highest BCUT2D eigenvalue weighted by atomic mass is 35.5. The summed E-state index contributed by atoms with van der Waals surface area (Å²) in [5.74, 6) is 1.31. The van der Waals surface area contributed by atoms with E-state index in [2.05, 4.69) is 20.3 Å². The molecule has 1 aromatic carbocycles. The second-order valence-corrected chi connectivity index (χ2v) is 7.23. The van der Waals surface area contributed by atoms with Gasteiger partial charge in [0.1, 0.15) is 11.5 Å². The molecule has 0 bridgehead atoms. The van der Waals surface area contributed by atoms with E-state index in [0.717, 1.165) is 23.3 Å². The summed E-state index contributed by atoms with van der Waals surface area (Å²) in [6, 6.07) is 12.9. The van der Waals surface area contributed by atoms with Crippen molar-refractivity contribution in [1.29, 1.82) is 0 Å². The summed E-state index contributed by atoms with van der Waals surface area (Å²) in [6.45, 7) is 2.80. The number of aromatic nitrogens is 4. The van der Waals surface area contributed by atoms with E-state index in [0.29, 0.717) is 27.3 Å². The molecular formula is C19H16ClN5OS. The van der Waals surface area contributed by atoms with E-state index in [4.69, 9.17) is 11.6 Å².